The van der Waals surface area contributed by atoms with E-state index < -0.39 is 0 Å². The minimum absolute atomic E-state index is 0.0232. The van der Waals surface area contributed by atoms with Crippen LogP contribution in [0.2, 0.25) is 0 Å². The largest absolute Gasteiger partial charge is 0.459 e. The number of amides is 2. The van der Waals surface area contributed by atoms with Gasteiger partial charge in [-0.3, -0.25) is 9.59 Å². The van der Waals surface area contributed by atoms with Crippen LogP contribution in [0.5, 0.6) is 0 Å². The topological polar surface area (TPSA) is 62.6 Å². The van der Waals surface area contributed by atoms with Crippen LogP contribution in [0, 0.1) is 12.8 Å². The molecule has 2 heterocycles. The second kappa shape index (κ2) is 9.65. The quantitative estimate of drug-likeness (QED) is 0.591. The maximum Gasteiger partial charge on any atom is 0.291 e. The summed E-state index contributed by atoms with van der Waals surface area (Å²) in [6, 6.07) is 19.3. The van der Waals surface area contributed by atoms with Gasteiger partial charge in [0.25, 0.3) is 11.8 Å². The Hall–Kier alpha value is -3.34. The van der Waals surface area contributed by atoms with Crippen LogP contribution in [0.25, 0.3) is 0 Å². The Labute approximate surface area is 183 Å². The van der Waals surface area contributed by atoms with Crippen LogP contribution in [0.4, 0.5) is 5.69 Å². The maximum absolute atomic E-state index is 13.1. The third-order valence-electron chi connectivity index (χ3n) is 6.06. The van der Waals surface area contributed by atoms with Crippen LogP contribution >= 0.6 is 0 Å². The molecule has 2 amide bonds. The van der Waals surface area contributed by atoms with E-state index in [0.717, 1.165) is 37.9 Å². The molecule has 0 spiro atoms. The number of nitrogens with one attached hydrogen (secondary N) is 1. The zero-order valence-electron chi connectivity index (χ0n) is 17.8. The summed E-state index contributed by atoms with van der Waals surface area (Å²) in [5, 5.41) is 2.85. The van der Waals surface area contributed by atoms with Crippen molar-refractivity contribution in [2.75, 3.05) is 18.4 Å². The molecule has 0 unspecified atom stereocenters. The van der Waals surface area contributed by atoms with Gasteiger partial charge in [0.2, 0.25) is 0 Å². The Kier molecular flexibility index (Phi) is 6.51. The number of aryl methyl sites for hydroxylation is 2. The summed E-state index contributed by atoms with van der Waals surface area (Å²) >= 11 is 0. The highest BCUT2D eigenvalue weighted by atomic mass is 16.3. The van der Waals surface area contributed by atoms with E-state index >= 15 is 0 Å². The molecule has 5 heteroatoms. The molecular formula is C26H28N2O3. The average molecular weight is 417 g/mol. The average Bonchev–Trinajstić information content (AvgIpc) is 3.35. The molecule has 0 atom stereocenters. The van der Waals surface area contributed by atoms with E-state index in [9.17, 15) is 9.59 Å². The molecule has 1 aliphatic heterocycles. The van der Waals surface area contributed by atoms with E-state index in [0.29, 0.717) is 17.2 Å². The van der Waals surface area contributed by atoms with Crippen molar-refractivity contribution >= 4 is 17.5 Å². The second-order valence-corrected chi connectivity index (χ2v) is 8.22. The van der Waals surface area contributed by atoms with Crippen molar-refractivity contribution in [3.63, 3.8) is 0 Å². The standard InChI is InChI=1S/C26H28N2O3/c1-19-9-12-22(18-23(19)27-25(29)24-8-5-17-31-24)26(30)28-15-13-21(14-16-28)11-10-20-6-3-2-4-7-20/h2-9,12,17-18,21H,10-11,13-16H2,1H3,(H,27,29). The zero-order valence-corrected chi connectivity index (χ0v) is 17.8. The number of hydrogen-bond acceptors (Lipinski definition) is 3. The number of furan rings is 1. The Morgan fingerprint density at radius 3 is 2.52 bits per heavy atom. The summed E-state index contributed by atoms with van der Waals surface area (Å²) in [5.74, 6) is 0.603. The first-order chi connectivity index (χ1) is 15.1. The molecule has 5 nitrogen and oxygen atoms in total. The Morgan fingerprint density at radius 1 is 1.03 bits per heavy atom. The molecule has 160 valence electrons. The van der Waals surface area contributed by atoms with Crippen LogP contribution in [0.3, 0.4) is 0 Å². The van der Waals surface area contributed by atoms with Crippen molar-refractivity contribution in [2.24, 2.45) is 5.92 Å². The van der Waals surface area contributed by atoms with Gasteiger partial charge in [0, 0.05) is 24.3 Å². The first kappa shape index (κ1) is 20.9. The molecule has 0 bridgehead atoms. The van der Waals surface area contributed by atoms with E-state index in [-0.39, 0.29) is 17.6 Å². The number of carbonyl (C=O) groups excluding carboxylic acids is 2. The molecule has 4 rings (SSSR count). The molecular weight excluding hydrogens is 388 g/mol. The van der Waals surface area contributed by atoms with Crippen LogP contribution in [0.1, 0.15) is 51.3 Å². The Bertz CT molecular complexity index is 1020. The van der Waals surface area contributed by atoms with Crippen LogP contribution in [-0.4, -0.2) is 29.8 Å². The number of carbonyl (C=O) groups is 2. The minimum Gasteiger partial charge on any atom is -0.459 e. The molecule has 1 aromatic heterocycles. The van der Waals surface area contributed by atoms with E-state index in [1.54, 1.807) is 18.2 Å². The van der Waals surface area contributed by atoms with Crippen LogP contribution < -0.4 is 5.32 Å². The van der Waals surface area contributed by atoms with Gasteiger partial charge >= 0.3 is 0 Å². The van der Waals surface area contributed by atoms with Gasteiger partial charge in [0.15, 0.2) is 5.76 Å². The summed E-state index contributed by atoms with van der Waals surface area (Å²) in [6.45, 7) is 3.46. The Balaban J connectivity index is 1.34. The van der Waals surface area contributed by atoms with E-state index in [2.05, 4.69) is 29.6 Å². The predicted molar refractivity (Wildman–Crippen MR) is 121 cm³/mol. The lowest BCUT2D eigenvalue weighted by Crippen LogP contribution is -2.38. The number of likely N-dealkylation sites (tertiary alicyclic amines) is 1. The van der Waals surface area contributed by atoms with Gasteiger partial charge in [-0.1, -0.05) is 36.4 Å². The first-order valence-corrected chi connectivity index (χ1v) is 10.9. The number of nitrogens with zero attached hydrogens (tertiary/aromatic N) is 1. The lowest BCUT2D eigenvalue weighted by atomic mass is 9.90. The molecule has 31 heavy (non-hydrogen) atoms. The SMILES string of the molecule is Cc1ccc(C(=O)N2CCC(CCc3ccccc3)CC2)cc1NC(=O)c1ccco1. The zero-order chi connectivity index (χ0) is 21.6. The van der Waals surface area contributed by atoms with Gasteiger partial charge in [0.05, 0.1) is 6.26 Å². The molecule has 1 fully saturated rings. The molecule has 1 saturated heterocycles. The van der Waals surface area contributed by atoms with Crippen molar-refractivity contribution in [1.82, 2.24) is 4.90 Å². The normalized spacial score (nSPS) is 14.4. The fraction of sp³-hybridized carbons (Fsp3) is 0.308. The monoisotopic (exact) mass is 416 g/mol. The number of rotatable bonds is 6. The Morgan fingerprint density at radius 2 is 1.81 bits per heavy atom. The lowest BCUT2D eigenvalue weighted by molar-refractivity contribution is 0.0686. The van der Waals surface area contributed by atoms with Crippen LogP contribution in [-0.2, 0) is 6.42 Å². The predicted octanol–water partition coefficient (Wildman–Crippen LogP) is 5.33. The van der Waals surface area contributed by atoms with Gasteiger partial charge in [-0.25, -0.2) is 0 Å². The van der Waals surface area contributed by atoms with Crippen LogP contribution in [0.15, 0.2) is 71.3 Å². The molecule has 2 aromatic carbocycles. The third kappa shape index (κ3) is 5.23. The summed E-state index contributed by atoms with van der Waals surface area (Å²) in [7, 11) is 0. The first-order valence-electron chi connectivity index (χ1n) is 10.9. The number of benzene rings is 2. The summed E-state index contributed by atoms with van der Waals surface area (Å²) in [5.41, 5.74) is 3.51. The van der Waals surface area contributed by atoms with E-state index in [1.807, 2.05) is 30.0 Å². The molecule has 1 aliphatic rings. The summed E-state index contributed by atoms with van der Waals surface area (Å²) in [6.07, 6.45) is 5.79. The lowest BCUT2D eigenvalue weighted by Gasteiger charge is -2.32. The number of piperidine rings is 1. The van der Waals surface area contributed by atoms with Crippen molar-refractivity contribution in [3.05, 3.63) is 89.4 Å². The highest BCUT2D eigenvalue weighted by Crippen LogP contribution is 2.25. The third-order valence-corrected chi connectivity index (χ3v) is 6.06. The minimum atomic E-state index is -0.322. The van der Waals surface area contributed by atoms with Gasteiger partial charge in [-0.05, 0) is 73.9 Å². The van der Waals surface area contributed by atoms with Crippen molar-refractivity contribution in [2.45, 2.75) is 32.6 Å². The van der Waals surface area contributed by atoms with Crippen molar-refractivity contribution in [3.8, 4) is 0 Å². The molecule has 0 aliphatic carbocycles. The number of anilines is 1. The molecule has 3 aromatic rings. The van der Waals surface area contributed by atoms with Gasteiger partial charge < -0.3 is 14.6 Å². The molecule has 1 N–H and O–H groups in total. The molecule has 0 saturated carbocycles. The summed E-state index contributed by atoms with van der Waals surface area (Å²) in [4.78, 5) is 27.3. The second-order valence-electron chi connectivity index (χ2n) is 8.22. The van der Waals surface area contributed by atoms with E-state index in [4.69, 9.17) is 4.42 Å². The summed E-state index contributed by atoms with van der Waals surface area (Å²) < 4.78 is 5.15. The van der Waals surface area contributed by atoms with Crippen molar-refractivity contribution < 1.29 is 14.0 Å². The highest BCUT2D eigenvalue weighted by Gasteiger charge is 2.24. The molecule has 0 radical (unpaired) electrons. The highest BCUT2D eigenvalue weighted by molar-refractivity contribution is 6.03. The van der Waals surface area contributed by atoms with E-state index in [1.165, 1.54) is 18.2 Å². The van der Waals surface area contributed by atoms with Gasteiger partial charge in [-0.15, -0.1) is 0 Å². The maximum atomic E-state index is 13.1. The number of hydrogen-bond donors (Lipinski definition) is 1. The smallest absolute Gasteiger partial charge is 0.291 e. The van der Waals surface area contributed by atoms with Gasteiger partial charge in [0.1, 0.15) is 0 Å². The fourth-order valence-electron chi connectivity index (χ4n) is 4.10. The van der Waals surface area contributed by atoms with Crippen molar-refractivity contribution in [1.29, 1.82) is 0 Å². The fourth-order valence-corrected chi connectivity index (χ4v) is 4.10. The van der Waals surface area contributed by atoms with Gasteiger partial charge in [-0.2, -0.15) is 0 Å².